The number of nitrogens with zero attached hydrogens (tertiary/aromatic N) is 2. The fraction of sp³-hybridized carbons (Fsp3) is 0.118. The SMILES string of the molecule is COc1ccc(OCC(=O)N=Nc2c(O)[nH]c3cc(F)ccc23)cc1. The maximum Gasteiger partial charge on any atom is 0.302 e. The average molecular weight is 343 g/mol. The van der Waals surface area contributed by atoms with E-state index in [1.54, 1.807) is 31.4 Å². The number of rotatable bonds is 5. The molecule has 0 saturated heterocycles. The third-order valence-corrected chi connectivity index (χ3v) is 3.40. The molecule has 128 valence electrons. The van der Waals surface area contributed by atoms with E-state index in [-0.39, 0.29) is 18.2 Å². The van der Waals surface area contributed by atoms with Crippen LogP contribution in [0.2, 0.25) is 0 Å². The van der Waals surface area contributed by atoms with E-state index in [2.05, 4.69) is 15.2 Å². The van der Waals surface area contributed by atoms with Gasteiger partial charge in [0.25, 0.3) is 0 Å². The molecule has 0 atom stereocenters. The molecule has 2 aromatic carbocycles. The van der Waals surface area contributed by atoms with E-state index >= 15 is 0 Å². The summed E-state index contributed by atoms with van der Waals surface area (Å²) in [5, 5.41) is 17.5. The molecule has 1 heterocycles. The molecule has 0 aliphatic rings. The number of fused-ring (bicyclic) bond motifs is 1. The standard InChI is InChI=1S/C17H14FN3O4/c1-24-11-3-5-12(6-4-11)25-9-15(22)20-21-16-13-7-2-10(18)8-14(13)19-17(16)23/h2-8,19,23H,9H2,1H3. The Labute approximate surface area is 141 Å². The van der Waals surface area contributed by atoms with Crippen LogP contribution in [0.3, 0.4) is 0 Å². The van der Waals surface area contributed by atoms with E-state index in [1.165, 1.54) is 18.2 Å². The Morgan fingerprint density at radius 1 is 1.20 bits per heavy atom. The number of aromatic hydroxyl groups is 1. The van der Waals surface area contributed by atoms with Crippen molar-refractivity contribution in [3.63, 3.8) is 0 Å². The summed E-state index contributed by atoms with van der Waals surface area (Å²) in [5.74, 6) is -0.236. The Kier molecular flexibility index (Phi) is 4.60. The van der Waals surface area contributed by atoms with Gasteiger partial charge < -0.3 is 19.6 Å². The number of halogens is 1. The van der Waals surface area contributed by atoms with Gasteiger partial charge in [-0.2, -0.15) is 0 Å². The average Bonchev–Trinajstić information content (AvgIpc) is 2.92. The second-order valence-electron chi connectivity index (χ2n) is 5.07. The molecule has 8 heteroatoms. The highest BCUT2D eigenvalue weighted by molar-refractivity contribution is 5.94. The molecular weight excluding hydrogens is 329 g/mol. The summed E-state index contributed by atoms with van der Waals surface area (Å²) in [6.07, 6.45) is 0. The largest absolute Gasteiger partial charge is 0.497 e. The van der Waals surface area contributed by atoms with Crippen molar-refractivity contribution in [2.75, 3.05) is 13.7 Å². The Balaban J connectivity index is 1.67. The van der Waals surface area contributed by atoms with Crippen LogP contribution < -0.4 is 9.47 Å². The first-order chi connectivity index (χ1) is 12.1. The van der Waals surface area contributed by atoms with Gasteiger partial charge in [-0.15, -0.1) is 10.2 Å². The molecule has 25 heavy (non-hydrogen) atoms. The van der Waals surface area contributed by atoms with Gasteiger partial charge in [-0.1, -0.05) is 0 Å². The van der Waals surface area contributed by atoms with Crippen LogP contribution in [-0.4, -0.2) is 29.7 Å². The molecular formula is C17H14FN3O4. The molecule has 3 aromatic rings. The number of aromatic nitrogens is 1. The number of hydrogen-bond acceptors (Lipinski definition) is 5. The molecule has 3 rings (SSSR count). The normalized spacial score (nSPS) is 11.1. The van der Waals surface area contributed by atoms with Crippen molar-refractivity contribution in [2.45, 2.75) is 0 Å². The zero-order valence-electron chi connectivity index (χ0n) is 13.2. The van der Waals surface area contributed by atoms with Crippen LogP contribution in [0, 0.1) is 5.82 Å². The van der Waals surface area contributed by atoms with E-state index in [4.69, 9.17) is 9.47 Å². The number of methoxy groups -OCH3 is 1. The molecule has 0 unspecified atom stereocenters. The fourth-order valence-corrected chi connectivity index (χ4v) is 2.19. The summed E-state index contributed by atoms with van der Waals surface area (Å²) >= 11 is 0. The van der Waals surface area contributed by atoms with E-state index in [0.29, 0.717) is 22.4 Å². The third-order valence-electron chi connectivity index (χ3n) is 3.40. The lowest BCUT2D eigenvalue weighted by Crippen LogP contribution is -2.07. The molecule has 0 aliphatic heterocycles. The number of amides is 1. The number of azo groups is 1. The number of aromatic amines is 1. The fourth-order valence-electron chi connectivity index (χ4n) is 2.19. The Hall–Kier alpha value is -3.42. The summed E-state index contributed by atoms with van der Waals surface area (Å²) < 4.78 is 23.5. The van der Waals surface area contributed by atoms with Crippen LogP contribution in [-0.2, 0) is 4.79 Å². The van der Waals surface area contributed by atoms with E-state index in [9.17, 15) is 14.3 Å². The molecule has 7 nitrogen and oxygen atoms in total. The van der Waals surface area contributed by atoms with Crippen LogP contribution in [0.15, 0.2) is 52.7 Å². The van der Waals surface area contributed by atoms with Crippen molar-refractivity contribution >= 4 is 22.5 Å². The smallest absolute Gasteiger partial charge is 0.302 e. The minimum absolute atomic E-state index is 0.0628. The summed E-state index contributed by atoms with van der Waals surface area (Å²) in [7, 11) is 1.55. The van der Waals surface area contributed by atoms with Gasteiger partial charge in [0.05, 0.1) is 12.6 Å². The molecule has 0 fully saturated rings. The second kappa shape index (κ2) is 7.00. The van der Waals surface area contributed by atoms with Crippen molar-refractivity contribution < 1.29 is 23.8 Å². The van der Waals surface area contributed by atoms with Gasteiger partial charge >= 0.3 is 5.91 Å². The first-order valence-electron chi connectivity index (χ1n) is 7.28. The van der Waals surface area contributed by atoms with Crippen molar-refractivity contribution in [3.8, 4) is 17.4 Å². The summed E-state index contributed by atoms with van der Waals surface area (Å²) in [5.41, 5.74) is 0.418. The van der Waals surface area contributed by atoms with Crippen molar-refractivity contribution in [3.05, 3.63) is 48.3 Å². The van der Waals surface area contributed by atoms with Crippen molar-refractivity contribution in [1.82, 2.24) is 4.98 Å². The summed E-state index contributed by atoms with van der Waals surface area (Å²) in [6, 6.07) is 10.6. The van der Waals surface area contributed by atoms with Crippen LogP contribution >= 0.6 is 0 Å². The zero-order chi connectivity index (χ0) is 17.8. The molecule has 0 radical (unpaired) electrons. The van der Waals surface area contributed by atoms with Gasteiger partial charge in [0, 0.05) is 5.39 Å². The molecule has 0 spiro atoms. The van der Waals surface area contributed by atoms with Gasteiger partial charge in [-0.05, 0) is 42.5 Å². The predicted octanol–water partition coefficient (Wildman–Crippen LogP) is 3.71. The van der Waals surface area contributed by atoms with Crippen LogP contribution in [0.4, 0.5) is 10.1 Å². The zero-order valence-corrected chi connectivity index (χ0v) is 13.2. The monoisotopic (exact) mass is 343 g/mol. The van der Waals surface area contributed by atoms with E-state index < -0.39 is 11.7 Å². The van der Waals surface area contributed by atoms with E-state index in [0.717, 1.165) is 0 Å². The third kappa shape index (κ3) is 3.74. The molecule has 1 amide bonds. The number of carbonyl (C=O) groups is 1. The van der Waals surface area contributed by atoms with Gasteiger partial charge in [0.2, 0.25) is 5.88 Å². The van der Waals surface area contributed by atoms with Gasteiger partial charge in [0.15, 0.2) is 12.3 Å². The second-order valence-corrected chi connectivity index (χ2v) is 5.07. The Morgan fingerprint density at radius 3 is 2.64 bits per heavy atom. The molecule has 0 bridgehead atoms. The highest BCUT2D eigenvalue weighted by atomic mass is 19.1. The van der Waals surface area contributed by atoms with Crippen LogP contribution in [0.25, 0.3) is 10.9 Å². The van der Waals surface area contributed by atoms with Gasteiger partial charge in [-0.3, -0.25) is 4.79 Å². The topological polar surface area (TPSA) is 96.3 Å². The quantitative estimate of drug-likeness (QED) is 0.690. The lowest BCUT2D eigenvalue weighted by Gasteiger charge is -2.04. The highest BCUT2D eigenvalue weighted by Crippen LogP contribution is 2.35. The van der Waals surface area contributed by atoms with Crippen LogP contribution in [0.1, 0.15) is 0 Å². The molecule has 2 N–H and O–H groups in total. The first kappa shape index (κ1) is 16.4. The summed E-state index contributed by atoms with van der Waals surface area (Å²) in [6.45, 7) is -0.312. The van der Waals surface area contributed by atoms with Gasteiger partial charge in [-0.25, -0.2) is 4.39 Å². The maximum atomic E-state index is 13.2. The molecule has 1 aromatic heterocycles. The minimum atomic E-state index is -0.633. The van der Waals surface area contributed by atoms with Crippen LogP contribution in [0.5, 0.6) is 17.4 Å². The predicted molar refractivity (Wildman–Crippen MR) is 87.9 cm³/mol. The number of nitrogens with one attached hydrogen (secondary N) is 1. The number of ether oxygens (including phenoxy) is 2. The molecule has 0 aliphatic carbocycles. The van der Waals surface area contributed by atoms with Crippen molar-refractivity contribution in [1.29, 1.82) is 0 Å². The number of H-pyrrole nitrogens is 1. The number of carbonyl (C=O) groups excluding carboxylic acids is 1. The maximum absolute atomic E-state index is 13.2. The lowest BCUT2D eigenvalue weighted by atomic mass is 10.2. The minimum Gasteiger partial charge on any atom is -0.497 e. The van der Waals surface area contributed by atoms with E-state index in [1.807, 2.05) is 0 Å². The number of benzene rings is 2. The Morgan fingerprint density at radius 2 is 1.92 bits per heavy atom. The molecule has 0 saturated carbocycles. The Bertz CT molecular complexity index is 935. The van der Waals surface area contributed by atoms with Gasteiger partial charge in [0.1, 0.15) is 17.3 Å². The lowest BCUT2D eigenvalue weighted by molar-refractivity contribution is -0.120. The number of hydrogen-bond donors (Lipinski definition) is 2. The highest BCUT2D eigenvalue weighted by Gasteiger charge is 2.11. The first-order valence-corrected chi connectivity index (χ1v) is 7.28. The van der Waals surface area contributed by atoms with Crippen molar-refractivity contribution in [2.24, 2.45) is 10.2 Å². The summed E-state index contributed by atoms with van der Waals surface area (Å²) in [4.78, 5) is 14.3.